The molecule has 25 heavy (non-hydrogen) atoms. The molecule has 0 fully saturated rings. The smallest absolute Gasteiger partial charge is 0.378 e. The van der Waals surface area contributed by atoms with Crippen LogP contribution in [0, 0.1) is 6.92 Å². The van der Waals surface area contributed by atoms with Crippen LogP contribution in [0.15, 0.2) is 22.6 Å². The van der Waals surface area contributed by atoms with E-state index in [0.717, 1.165) is 11.6 Å². The third-order valence-electron chi connectivity index (χ3n) is 3.43. The van der Waals surface area contributed by atoms with E-state index in [4.69, 9.17) is 9.15 Å². The molecule has 7 nitrogen and oxygen atoms in total. The van der Waals surface area contributed by atoms with Crippen LogP contribution in [0.2, 0.25) is 0 Å². The maximum atomic E-state index is 11.6. The fraction of sp³-hybridized carbons (Fsp3) is 0.500. The third kappa shape index (κ3) is 6.54. The number of aryl methyl sites for hydroxylation is 2. The summed E-state index contributed by atoms with van der Waals surface area (Å²) in [7, 11) is 0. The van der Waals surface area contributed by atoms with Crippen LogP contribution in [0.5, 0.6) is 0 Å². The van der Waals surface area contributed by atoms with E-state index in [2.05, 4.69) is 4.74 Å². The molecule has 0 saturated carbocycles. The Hall–Kier alpha value is -2.41. The number of rotatable bonds is 9. The Labute approximate surface area is 146 Å². The second kappa shape index (κ2) is 9.17. The van der Waals surface area contributed by atoms with Crippen molar-refractivity contribution in [3.63, 3.8) is 0 Å². The number of hydrogen-bond acceptors (Lipinski definition) is 7. The van der Waals surface area contributed by atoms with Crippen molar-refractivity contribution in [3.8, 4) is 0 Å². The van der Waals surface area contributed by atoms with Gasteiger partial charge >= 0.3 is 11.9 Å². The van der Waals surface area contributed by atoms with Crippen LogP contribution >= 0.6 is 0 Å². The van der Waals surface area contributed by atoms with Gasteiger partial charge in [0.05, 0.1) is 18.8 Å². The predicted molar refractivity (Wildman–Crippen MR) is 89.1 cm³/mol. The molecule has 1 unspecified atom stereocenters. The number of aliphatic hydroxyl groups is 1. The van der Waals surface area contributed by atoms with Crippen molar-refractivity contribution in [1.29, 1.82) is 0 Å². The molecule has 138 valence electrons. The summed E-state index contributed by atoms with van der Waals surface area (Å²) < 4.78 is 14.9. The first kappa shape index (κ1) is 20.6. The minimum Gasteiger partial charge on any atom is -0.460 e. The summed E-state index contributed by atoms with van der Waals surface area (Å²) in [6, 6.07) is 1.59. The summed E-state index contributed by atoms with van der Waals surface area (Å²) in [5.41, 5.74) is -0.559. The molecule has 1 atom stereocenters. The van der Waals surface area contributed by atoms with Crippen molar-refractivity contribution in [3.05, 3.63) is 35.3 Å². The molecule has 0 aromatic carbocycles. The average molecular weight is 352 g/mol. The standard InChI is InChI=1S/C18H24O7/c1-5-23-16(20)13(19)7-9-18(4,22)10-8-14-12(3)11-15(25-14)17(21)24-6-2/h7,9,11,22H,5-6,8,10H2,1-4H3/b9-7+. The van der Waals surface area contributed by atoms with E-state index >= 15 is 0 Å². The molecule has 0 amide bonds. The number of ketones is 1. The highest BCUT2D eigenvalue weighted by Crippen LogP contribution is 2.21. The Kier molecular flexibility index (Phi) is 7.57. The van der Waals surface area contributed by atoms with Gasteiger partial charge in [-0.05, 0) is 57.9 Å². The summed E-state index contributed by atoms with van der Waals surface area (Å²) in [5.74, 6) is -1.67. The van der Waals surface area contributed by atoms with Crippen LogP contribution in [0.1, 0.15) is 49.1 Å². The van der Waals surface area contributed by atoms with Gasteiger partial charge in [-0.1, -0.05) is 0 Å². The lowest BCUT2D eigenvalue weighted by Crippen LogP contribution is -2.23. The molecule has 0 aliphatic rings. The molecule has 7 heteroatoms. The number of furan rings is 1. The first-order valence-corrected chi connectivity index (χ1v) is 8.09. The van der Waals surface area contributed by atoms with Gasteiger partial charge in [0.1, 0.15) is 5.76 Å². The lowest BCUT2D eigenvalue weighted by atomic mass is 9.97. The summed E-state index contributed by atoms with van der Waals surface area (Å²) >= 11 is 0. The molecule has 0 bridgehead atoms. The van der Waals surface area contributed by atoms with Crippen LogP contribution in [-0.4, -0.2) is 41.6 Å². The van der Waals surface area contributed by atoms with Crippen LogP contribution in [0.4, 0.5) is 0 Å². The third-order valence-corrected chi connectivity index (χ3v) is 3.43. The summed E-state index contributed by atoms with van der Waals surface area (Å²) in [4.78, 5) is 34.4. The van der Waals surface area contributed by atoms with Crippen molar-refractivity contribution >= 4 is 17.7 Å². The van der Waals surface area contributed by atoms with Crippen LogP contribution in [0.25, 0.3) is 0 Å². The fourth-order valence-corrected chi connectivity index (χ4v) is 2.05. The van der Waals surface area contributed by atoms with Gasteiger partial charge < -0.3 is 19.0 Å². The molecule has 1 aromatic heterocycles. The zero-order valence-electron chi connectivity index (χ0n) is 15.0. The van der Waals surface area contributed by atoms with Gasteiger partial charge in [0.2, 0.25) is 5.76 Å². The molecule has 1 rings (SSSR count). The molecular formula is C18H24O7. The molecule has 1 heterocycles. The fourth-order valence-electron chi connectivity index (χ4n) is 2.05. The molecular weight excluding hydrogens is 328 g/mol. The van der Waals surface area contributed by atoms with Gasteiger partial charge in [0, 0.05) is 6.42 Å². The molecule has 0 saturated heterocycles. The Morgan fingerprint density at radius 1 is 1.24 bits per heavy atom. The monoisotopic (exact) mass is 352 g/mol. The van der Waals surface area contributed by atoms with Crippen molar-refractivity contribution in [2.24, 2.45) is 0 Å². The SMILES string of the molecule is CCOC(=O)C(=O)/C=C/C(C)(O)CCc1oc(C(=O)OCC)cc1C. The van der Waals surface area contributed by atoms with Crippen molar-refractivity contribution < 1.29 is 33.4 Å². The minimum atomic E-state index is -1.33. The van der Waals surface area contributed by atoms with Crippen molar-refractivity contribution in [2.75, 3.05) is 13.2 Å². The van der Waals surface area contributed by atoms with Gasteiger partial charge in [-0.25, -0.2) is 9.59 Å². The lowest BCUT2D eigenvalue weighted by molar-refractivity contribution is -0.151. The van der Waals surface area contributed by atoms with E-state index in [0.29, 0.717) is 12.2 Å². The predicted octanol–water partition coefficient (Wildman–Crippen LogP) is 2.14. The highest BCUT2D eigenvalue weighted by molar-refractivity contribution is 6.38. The van der Waals surface area contributed by atoms with Gasteiger partial charge in [0.15, 0.2) is 0 Å². The zero-order valence-corrected chi connectivity index (χ0v) is 15.0. The zero-order chi connectivity index (χ0) is 19.0. The first-order chi connectivity index (χ1) is 11.7. The van der Waals surface area contributed by atoms with E-state index in [1.807, 2.05) is 0 Å². The topological polar surface area (TPSA) is 103 Å². The molecule has 0 aliphatic carbocycles. The summed E-state index contributed by atoms with van der Waals surface area (Å²) in [5, 5.41) is 10.3. The second-order valence-electron chi connectivity index (χ2n) is 5.71. The Bertz CT molecular complexity index is 652. The van der Waals surface area contributed by atoms with Gasteiger partial charge in [0.25, 0.3) is 5.78 Å². The number of esters is 2. The van der Waals surface area contributed by atoms with Crippen LogP contribution in [-0.2, 0) is 25.5 Å². The molecule has 0 spiro atoms. The number of ether oxygens (including phenoxy) is 2. The van der Waals surface area contributed by atoms with Gasteiger partial charge in [-0.3, -0.25) is 4.79 Å². The molecule has 1 N–H and O–H groups in total. The Morgan fingerprint density at radius 3 is 2.48 bits per heavy atom. The average Bonchev–Trinajstić information content (AvgIpc) is 2.92. The normalized spacial score (nSPS) is 13.5. The van der Waals surface area contributed by atoms with E-state index < -0.39 is 23.3 Å². The number of carbonyl (C=O) groups is 3. The van der Waals surface area contributed by atoms with Crippen LogP contribution < -0.4 is 0 Å². The quantitative estimate of drug-likeness (QED) is 0.412. The van der Waals surface area contributed by atoms with E-state index in [-0.39, 0.29) is 25.4 Å². The molecule has 0 radical (unpaired) electrons. The van der Waals surface area contributed by atoms with Gasteiger partial charge in [-0.2, -0.15) is 0 Å². The van der Waals surface area contributed by atoms with E-state index in [1.165, 1.54) is 13.0 Å². The largest absolute Gasteiger partial charge is 0.460 e. The highest BCUT2D eigenvalue weighted by atomic mass is 16.5. The summed E-state index contributed by atoms with van der Waals surface area (Å²) in [6.07, 6.45) is 2.82. The molecule has 0 aliphatic heterocycles. The second-order valence-corrected chi connectivity index (χ2v) is 5.71. The molecule has 1 aromatic rings. The van der Waals surface area contributed by atoms with E-state index in [1.54, 1.807) is 26.8 Å². The summed E-state index contributed by atoms with van der Waals surface area (Å²) in [6.45, 7) is 6.96. The van der Waals surface area contributed by atoms with Crippen molar-refractivity contribution in [1.82, 2.24) is 0 Å². The number of hydrogen-bond donors (Lipinski definition) is 1. The Balaban J connectivity index is 2.68. The maximum absolute atomic E-state index is 11.6. The number of carbonyl (C=O) groups excluding carboxylic acids is 3. The van der Waals surface area contributed by atoms with Gasteiger partial charge in [-0.15, -0.1) is 0 Å². The maximum Gasteiger partial charge on any atom is 0.378 e. The van der Waals surface area contributed by atoms with E-state index in [9.17, 15) is 19.5 Å². The minimum absolute atomic E-state index is 0.107. The van der Waals surface area contributed by atoms with Crippen LogP contribution in [0.3, 0.4) is 0 Å². The Morgan fingerprint density at radius 2 is 1.88 bits per heavy atom. The first-order valence-electron chi connectivity index (χ1n) is 8.09. The highest BCUT2D eigenvalue weighted by Gasteiger charge is 2.21. The van der Waals surface area contributed by atoms with Crippen molar-refractivity contribution in [2.45, 2.75) is 46.1 Å². The lowest BCUT2D eigenvalue weighted by Gasteiger charge is -2.18.